The second kappa shape index (κ2) is 13.3. The van der Waals surface area contributed by atoms with Crippen LogP contribution < -0.4 is 15.4 Å². The third-order valence-electron chi connectivity index (χ3n) is 3.58. The molecule has 0 saturated heterocycles. The fourth-order valence-electron chi connectivity index (χ4n) is 2.08. The Kier molecular flexibility index (Phi) is 12.8. The monoisotopic (exact) mass is 484 g/mol. The highest BCUT2D eigenvalue weighted by Crippen LogP contribution is 2.13. The summed E-state index contributed by atoms with van der Waals surface area (Å²) in [5, 5.41) is 15.8. The smallest absolute Gasteiger partial charge is 0.211 e. The average Bonchev–Trinajstić information content (AvgIpc) is 2.61. The Morgan fingerprint density at radius 1 is 1.20 bits per heavy atom. The molecule has 25 heavy (non-hydrogen) atoms. The lowest BCUT2D eigenvalue weighted by molar-refractivity contribution is 0.265. The van der Waals surface area contributed by atoms with Crippen LogP contribution in [0.15, 0.2) is 35.3 Å². The summed E-state index contributed by atoms with van der Waals surface area (Å²) in [4.78, 5) is 4.12. The van der Waals surface area contributed by atoms with E-state index in [0.29, 0.717) is 32.0 Å². The quantitative estimate of drug-likeness (QED) is 0.171. The molecular formula is C16H29IN4O3S. The first kappa shape index (κ1) is 24.1. The number of rotatable bonds is 10. The number of guanidine groups is 1. The SMILES string of the molecule is CCS(=O)(=O)NCCCNC(=NC)NCC(CO)c1ccccc1.I. The van der Waals surface area contributed by atoms with Crippen molar-refractivity contribution in [1.29, 1.82) is 0 Å². The molecule has 1 aromatic rings. The zero-order valence-corrected chi connectivity index (χ0v) is 17.9. The number of aliphatic imine (C=N–C) groups is 1. The number of aliphatic hydroxyl groups excluding tert-OH is 1. The van der Waals surface area contributed by atoms with Crippen LogP contribution in [0.1, 0.15) is 24.8 Å². The minimum Gasteiger partial charge on any atom is -0.396 e. The molecule has 0 saturated carbocycles. The molecule has 0 aliphatic carbocycles. The third kappa shape index (κ3) is 9.97. The van der Waals surface area contributed by atoms with Gasteiger partial charge in [0.15, 0.2) is 5.96 Å². The summed E-state index contributed by atoms with van der Waals surface area (Å²) in [6, 6.07) is 9.81. The van der Waals surface area contributed by atoms with Gasteiger partial charge in [-0.2, -0.15) is 0 Å². The molecule has 7 nitrogen and oxygen atoms in total. The van der Waals surface area contributed by atoms with Crippen LogP contribution in [0.4, 0.5) is 0 Å². The maximum Gasteiger partial charge on any atom is 0.211 e. The molecule has 0 aromatic heterocycles. The normalized spacial score (nSPS) is 13.0. The van der Waals surface area contributed by atoms with E-state index in [0.717, 1.165) is 5.56 Å². The van der Waals surface area contributed by atoms with Crippen molar-refractivity contribution < 1.29 is 13.5 Å². The standard InChI is InChI=1S/C16H28N4O3S.HI/c1-3-24(22,23)20-11-7-10-18-16(17-2)19-12-15(13-21)14-8-5-4-6-9-14;/h4-6,8-9,15,20-21H,3,7,10-13H2,1-2H3,(H2,17,18,19);1H. The van der Waals surface area contributed by atoms with Gasteiger partial charge in [-0.05, 0) is 18.9 Å². The average molecular weight is 484 g/mol. The number of halogens is 1. The van der Waals surface area contributed by atoms with Crippen molar-refractivity contribution in [3.05, 3.63) is 35.9 Å². The van der Waals surface area contributed by atoms with E-state index in [1.807, 2.05) is 30.3 Å². The third-order valence-corrected chi connectivity index (χ3v) is 4.98. The first-order valence-electron chi connectivity index (χ1n) is 8.10. The van der Waals surface area contributed by atoms with Crippen LogP contribution in [-0.4, -0.2) is 58.5 Å². The van der Waals surface area contributed by atoms with Gasteiger partial charge in [-0.3, -0.25) is 4.99 Å². The molecule has 1 unspecified atom stereocenters. The van der Waals surface area contributed by atoms with E-state index in [4.69, 9.17) is 0 Å². The first-order chi connectivity index (χ1) is 11.5. The molecule has 0 heterocycles. The lowest BCUT2D eigenvalue weighted by Gasteiger charge is -2.18. The van der Waals surface area contributed by atoms with E-state index in [2.05, 4.69) is 20.3 Å². The van der Waals surface area contributed by atoms with E-state index in [9.17, 15) is 13.5 Å². The van der Waals surface area contributed by atoms with Crippen LogP contribution in [-0.2, 0) is 10.0 Å². The van der Waals surface area contributed by atoms with Crippen LogP contribution in [0.3, 0.4) is 0 Å². The topological polar surface area (TPSA) is 103 Å². The van der Waals surface area contributed by atoms with E-state index in [-0.39, 0.29) is 42.3 Å². The fourth-order valence-corrected chi connectivity index (χ4v) is 2.74. The zero-order valence-electron chi connectivity index (χ0n) is 14.7. The molecule has 0 bridgehead atoms. The second-order valence-electron chi connectivity index (χ2n) is 5.32. The van der Waals surface area contributed by atoms with Crippen LogP contribution in [0.2, 0.25) is 0 Å². The van der Waals surface area contributed by atoms with Crippen molar-refractivity contribution >= 4 is 40.0 Å². The van der Waals surface area contributed by atoms with Gasteiger partial charge in [-0.15, -0.1) is 24.0 Å². The Hall–Kier alpha value is -0.910. The zero-order chi connectivity index (χ0) is 17.8. The fraction of sp³-hybridized carbons (Fsp3) is 0.562. The van der Waals surface area contributed by atoms with Crippen LogP contribution >= 0.6 is 24.0 Å². The summed E-state index contributed by atoms with van der Waals surface area (Å²) in [5.74, 6) is 0.704. The van der Waals surface area contributed by atoms with Gasteiger partial charge in [0, 0.05) is 32.6 Å². The molecule has 144 valence electrons. The molecule has 1 aromatic carbocycles. The van der Waals surface area contributed by atoms with Crippen molar-refractivity contribution in [3.63, 3.8) is 0 Å². The number of nitrogens with one attached hydrogen (secondary N) is 3. The summed E-state index contributed by atoms with van der Waals surface area (Å²) >= 11 is 0. The Morgan fingerprint density at radius 2 is 1.88 bits per heavy atom. The molecule has 0 amide bonds. The summed E-state index contributed by atoms with van der Waals surface area (Å²) in [5.41, 5.74) is 1.07. The molecule has 0 spiro atoms. The first-order valence-corrected chi connectivity index (χ1v) is 9.75. The Morgan fingerprint density at radius 3 is 2.44 bits per heavy atom. The number of sulfonamides is 1. The van der Waals surface area contributed by atoms with Gasteiger partial charge in [0.05, 0.1) is 12.4 Å². The molecule has 0 radical (unpaired) electrons. The van der Waals surface area contributed by atoms with Gasteiger partial charge in [0.1, 0.15) is 0 Å². The van der Waals surface area contributed by atoms with Gasteiger partial charge < -0.3 is 15.7 Å². The Labute approximate surface area is 167 Å². The van der Waals surface area contributed by atoms with Gasteiger partial charge in [-0.1, -0.05) is 30.3 Å². The molecule has 9 heteroatoms. The Balaban J connectivity index is 0.00000576. The molecule has 1 rings (SSSR count). The molecule has 0 aliphatic rings. The highest BCUT2D eigenvalue weighted by atomic mass is 127. The van der Waals surface area contributed by atoms with Crippen molar-refractivity contribution in [2.24, 2.45) is 4.99 Å². The van der Waals surface area contributed by atoms with Gasteiger partial charge in [-0.25, -0.2) is 13.1 Å². The number of hydrogen-bond donors (Lipinski definition) is 4. The largest absolute Gasteiger partial charge is 0.396 e. The van der Waals surface area contributed by atoms with Crippen molar-refractivity contribution in [2.45, 2.75) is 19.3 Å². The second-order valence-corrected chi connectivity index (χ2v) is 7.42. The molecule has 0 aliphatic heterocycles. The lowest BCUT2D eigenvalue weighted by Crippen LogP contribution is -2.41. The minimum absolute atomic E-state index is 0. The summed E-state index contributed by atoms with van der Waals surface area (Å²) in [7, 11) is -1.46. The van der Waals surface area contributed by atoms with Gasteiger partial charge >= 0.3 is 0 Å². The number of aliphatic hydroxyl groups is 1. The molecule has 4 N–H and O–H groups in total. The van der Waals surface area contributed by atoms with Gasteiger partial charge in [0.25, 0.3) is 0 Å². The van der Waals surface area contributed by atoms with E-state index >= 15 is 0 Å². The predicted octanol–water partition coefficient (Wildman–Crippen LogP) is 0.875. The minimum atomic E-state index is -3.13. The van der Waals surface area contributed by atoms with E-state index in [1.54, 1.807) is 14.0 Å². The summed E-state index contributed by atoms with van der Waals surface area (Å²) in [6.45, 7) is 3.20. The predicted molar refractivity (Wildman–Crippen MR) is 113 cm³/mol. The number of nitrogens with zero attached hydrogens (tertiary/aromatic N) is 1. The lowest BCUT2D eigenvalue weighted by atomic mass is 10.0. The maximum absolute atomic E-state index is 11.3. The Bertz CT molecular complexity index is 597. The summed E-state index contributed by atoms with van der Waals surface area (Å²) in [6.07, 6.45) is 0.655. The number of benzene rings is 1. The number of hydrogen-bond acceptors (Lipinski definition) is 4. The van der Waals surface area contributed by atoms with Crippen LogP contribution in [0.5, 0.6) is 0 Å². The molecule has 1 atom stereocenters. The van der Waals surface area contributed by atoms with Crippen LogP contribution in [0.25, 0.3) is 0 Å². The molecule has 0 fully saturated rings. The van der Waals surface area contributed by atoms with E-state index < -0.39 is 10.0 Å². The van der Waals surface area contributed by atoms with Crippen molar-refractivity contribution in [3.8, 4) is 0 Å². The van der Waals surface area contributed by atoms with E-state index in [1.165, 1.54) is 0 Å². The van der Waals surface area contributed by atoms with Crippen molar-refractivity contribution in [1.82, 2.24) is 15.4 Å². The maximum atomic E-state index is 11.3. The highest BCUT2D eigenvalue weighted by molar-refractivity contribution is 14.0. The van der Waals surface area contributed by atoms with Crippen molar-refractivity contribution in [2.75, 3.05) is 39.0 Å². The highest BCUT2D eigenvalue weighted by Gasteiger charge is 2.10. The van der Waals surface area contributed by atoms with Gasteiger partial charge in [0.2, 0.25) is 10.0 Å². The summed E-state index contributed by atoms with van der Waals surface area (Å²) < 4.78 is 25.1. The molecular weight excluding hydrogens is 455 g/mol. The van der Waals surface area contributed by atoms with Crippen LogP contribution in [0, 0.1) is 0 Å².